The third-order valence-electron chi connectivity index (χ3n) is 4.56. The first-order valence-corrected chi connectivity index (χ1v) is 9.25. The summed E-state index contributed by atoms with van der Waals surface area (Å²) in [5.74, 6) is 0.0133. The molecule has 1 aliphatic rings. The number of rotatable bonds is 6. The fourth-order valence-electron chi connectivity index (χ4n) is 3.06. The SMILES string of the molecule is CCN(C(=O)CNc1ccc(C(=O)N2CCOCC2)cc1)c1ccccc1. The lowest BCUT2D eigenvalue weighted by atomic mass is 10.1. The van der Waals surface area contributed by atoms with Gasteiger partial charge in [-0.25, -0.2) is 0 Å². The number of benzene rings is 2. The van der Waals surface area contributed by atoms with Crippen molar-refractivity contribution in [2.75, 3.05) is 49.6 Å². The zero-order chi connectivity index (χ0) is 19.1. The third-order valence-corrected chi connectivity index (χ3v) is 4.56. The normalized spacial score (nSPS) is 13.9. The number of anilines is 2. The summed E-state index contributed by atoms with van der Waals surface area (Å²) in [7, 11) is 0. The molecule has 3 rings (SSSR count). The number of para-hydroxylation sites is 1. The third kappa shape index (κ3) is 4.86. The van der Waals surface area contributed by atoms with Gasteiger partial charge in [-0.1, -0.05) is 18.2 Å². The van der Waals surface area contributed by atoms with Crippen LogP contribution in [0.25, 0.3) is 0 Å². The fraction of sp³-hybridized carbons (Fsp3) is 0.333. The number of amides is 2. The molecule has 2 aromatic carbocycles. The van der Waals surface area contributed by atoms with Crippen LogP contribution in [0.5, 0.6) is 0 Å². The standard InChI is InChI=1S/C21H25N3O3/c1-2-24(19-6-4-3-5-7-19)20(25)16-22-18-10-8-17(9-11-18)21(26)23-12-14-27-15-13-23/h3-11,22H,2,12-16H2,1H3. The van der Waals surface area contributed by atoms with E-state index < -0.39 is 0 Å². The van der Waals surface area contributed by atoms with Gasteiger partial charge >= 0.3 is 0 Å². The summed E-state index contributed by atoms with van der Waals surface area (Å²) in [6, 6.07) is 16.9. The van der Waals surface area contributed by atoms with Gasteiger partial charge in [-0.3, -0.25) is 9.59 Å². The number of nitrogens with zero attached hydrogens (tertiary/aromatic N) is 2. The van der Waals surface area contributed by atoms with Crippen molar-refractivity contribution >= 4 is 23.2 Å². The molecule has 2 amide bonds. The van der Waals surface area contributed by atoms with Crippen LogP contribution in [0.4, 0.5) is 11.4 Å². The van der Waals surface area contributed by atoms with E-state index in [2.05, 4.69) is 5.32 Å². The Morgan fingerprint density at radius 3 is 2.33 bits per heavy atom. The number of ether oxygens (including phenoxy) is 1. The van der Waals surface area contributed by atoms with Crippen LogP contribution >= 0.6 is 0 Å². The number of nitrogens with one attached hydrogen (secondary N) is 1. The minimum atomic E-state index is -0.00262. The summed E-state index contributed by atoms with van der Waals surface area (Å²) >= 11 is 0. The molecule has 1 aliphatic heterocycles. The average molecular weight is 367 g/mol. The predicted molar refractivity (Wildman–Crippen MR) is 106 cm³/mol. The van der Waals surface area contributed by atoms with E-state index in [0.717, 1.165) is 11.4 Å². The summed E-state index contributed by atoms with van der Waals surface area (Å²) in [5, 5.41) is 3.14. The molecule has 0 bridgehead atoms. The predicted octanol–water partition coefficient (Wildman–Crippen LogP) is 2.62. The summed E-state index contributed by atoms with van der Waals surface area (Å²) in [6.45, 7) is 5.18. The van der Waals surface area contributed by atoms with Gasteiger partial charge in [0.1, 0.15) is 0 Å². The molecular formula is C21H25N3O3. The Morgan fingerprint density at radius 2 is 1.70 bits per heavy atom. The molecule has 0 aromatic heterocycles. The van der Waals surface area contributed by atoms with Gasteiger partial charge in [0.15, 0.2) is 0 Å². The Kier molecular flexibility index (Phi) is 6.44. The molecule has 6 heteroatoms. The van der Waals surface area contributed by atoms with Crippen molar-refractivity contribution in [2.24, 2.45) is 0 Å². The molecule has 1 heterocycles. The lowest BCUT2D eigenvalue weighted by molar-refractivity contribution is -0.116. The molecular weight excluding hydrogens is 342 g/mol. The molecule has 6 nitrogen and oxygen atoms in total. The first-order valence-electron chi connectivity index (χ1n) is 9.25. The van der Waals surface area contributed by atoms with E-state index >= 15 is 0 Å². The Bertz CT molecular complexity index is 756. The van der Waals surface area contributed by atoms with E-state index in [1.54, 1.807) is 21.9 Å². The maximum atomic E-state index is 12.5. The van der Waals surface area contributed by atoms with Gasteiger partial charge in [0, 0.05) is 36.6 Å². The van der Waals surface area contributed by atoms with E-state index in [1.807, 2.05) is 49.4 Å². The van der Waals surface area contributed by atoms with Crippen LogP contribution in [0.15, 0.2) is 54.6 Å². The zero-order valence-corrected chi connectivity index (χ0v) is 15.6. The van der Waals surface area contributed by atoms with Crippen LogP contribution in [0.1, 0.15) is 17.3 Å². The fourth-order valence-corrected chi connectivity index (χ4v) is 3.06. The van der Waals surface area contributed by atoms with E-state index in [9.17, 15) is 9.59 Å². The molecule has 2 aromatic rings. The Hall–Kier alpha value is -2.86. The molecule has 1 N–H and O–H groups in total. The highest BCUT2D eigenvalue weighted by Crippen LogP contribution is 2.15. The highest BCUT2D eigenvalue weighted by atomic mass is 16.5. The molecule has 1 fully saturated rings. The smallest absolute Gasteiger partial charge is 0.254 e. The van der Waals surface area contributed by atoms with Crippen molar-refractivity contribution in [2.45, 2.75) is 6.92 Å². The topological polar surface area (TPSA) is 61.9 Å². The van der Waals surface area contributed by atoms with Crippen molar-refractivity contribution in [1.82, 2.24) is 4.90 Å². The molecule has 27 heavy (non-hydrogen) atoms. The van der Waals surface area contributed by atoms with Gasteiger partial charge in [-0.15, -0.1) is 0 Å². The summed E-state index contributed by atoms with van der Waals surface area (Å²) < 4.78 is 5.28. The number of hydrogen-bond donors (Lipinski definition) is 1. The first-order chi connectivity index (χ1) is 13.2. The molecule has 0 spiro atoms. The highest BCUT2D eigenvalue weighted by Gasteiger charge is 2.18. The first kappa shape index (κ1) is 18.9. The molecule has 0 radical (unpaired) electrons. The van der Waals surface area contributed by atoms with Crippen molar-refractivity contribution in [3.05, 3.63) is 60.2 Å². The molecule has 0 saturated carbocycles. The van der Waals surface area contributed by atoms with Crippen molar-refractivity contribution in [3.8, 4) is 0 Å². The lowest BCUT2D eigenvalue weighted by Crippen LogP contribution is -2.40. The Labute approximate surface area is 159 Å². The minimum Gasteiger partial charge on any atom is -0.378 e. The number of carbonyl (C=O) groups is 2. The maximum Gasteiger partial charge on any atom is 0.254 e. The quantitative estimate of drug-likeness (QED) is 0.853. The lowest BCUT2D eigenvalue weighted by Gasteiger charge is -2.27. The maximum absolute atomic E-state index is 12.5. The summed E-state index contributed by atoms with van der Waals surface area (Å²) in [4.78, 5) is 28.5. The Balaban J connectivity index is 1.56. The van der Waals surface area contributed by atoms with Crippen molar-refractivity contribution in [3.63, 3.8) is 0 Å². The van der Waals surface area contributed by atoms with Gasteiger partial charge < -0.3 is 19.9 Å². The van der Waals surface area contributed by atoms with Gasteiger partial charge in [0.25, 0.3) is 5.91 Å². The Morgan fingerprint density at radius 1 is 1.04 bits per heavy atom. The molecule has 0 unspecified atom stereocenters. The van der Waals surface area contributed by atoms with Crippen molar-refractivity contribution < 1.29 is 14.3 Å². The number of morpholine rings is 1. The second-order valence-electron chi connectivity index (χ2n) is 6.31. The highest BCUT2D eigenvalue weighted by molar-refractivity contribution is 5.96. The molecule has 142 valence electrons. The number of carbonyl (C=O) groups excluding carboxylic acids is 2. The summed E-state index contributed by atoms with van der Waals surface area (Å²) in [5.41, 5.74) is 2.34. The second kappa shape index (κ2) is 9.19. The molecule has 0 aliphatic carbocycles. The van der Waals surface area contributed by atoms with Gasteiger partial charge in [-0.2, -0.15) is 0 Å². The largest absolute Gasteiger partial charge is 0.378 e. The summed E-state index contributed by atoms with van der Waals surface area (Å²) in [6.07, 6.45) is 0. The minimum absolute atomic E-state index is 0.00262. The number of likely N-dealkylation sites (N-methyl/N-ethyl adjacent to an activating group) is 1. The van der Waals surface area contributed by atoms with Crippen LogP contribution < -0.4 is 10.2 Å². The van der Waals surface area contributed by atoms with E-state index in [1.165, 1.54) is 0 Å². The van der Waals surface area contributed by atoms with Crippen LogP contribution in [0.2, 0.25) is 0 Å². The van der Waals surface area contributed by atoms with Crippen LogP contribution in [-0.4, -0.2) is 56.1 Å². The van der Waals surface area contributed by atoms with Gasteiger partial charge in [0.05, 0.1) is 19.8 Å². The van der Waals surface area contributed by atoms with Crippen LogP contribution in [-0.2, 0) is 9.53 Å². The second-order valence-corrected chi connectivity index (χ2v) is 6.31. The monoisotopic (exact) mass is 367 g/mol. The van der Waals surface area contributed by atoms with Crippen LogP contribution in [0.3, 0.4) is 0 Å². The van der Waals surface area contributed by atoms with Gasteiger partial charge in [0.2, 0.25) is 5.91 Å². The molecule has 0 atom stereocenters. The van der Waals surface area contributed by atoms with E-state index in [4.69, 9.17) is 4.74 Å². The average Bonchev–Trinajstić information content (AvgIpc) is 2.74. The van der Waals surface area contributed by atoms with E-state index in [0.29, 0.717) is 38.4 Å². The zero-order valence-electron chi connectivity index (χ0n) is 15.6. The number of hydrogen-bond acceptors (Lipinski definition) is 4. The molecule has 1 saturated heterocycles. The van der Waals surface area contributed by atoms with E-state index in [-0.39, 0.29) is 18.4 Å². The van der Waals surface area contributed by atoms with Crippen molar-refractivity contribution in [1.29, 1.82) is 0 Å². The van der Waals surface area contributed by atoms with Crippen LogP contribution in [0, 0.1) is 0 Å². The van der Waals surface area contributed by atoms with Gasteiger partial charge in [-0.05, 0) is 43.3 Å².